The van der Waals surface area contributed by atoms with Gasteiger partial charge in [0.25, 0.3) is 5.56 Å². The number of rotatable bonds is 5. The Hall–Kier alpha value is -3.18. The largest absolute Gasteiger partial charge is 0.497 e. The van der Waals surface area contributed by atoms with E-state index >= 15 is 0 Å². The van der Waals surface area contributed by atoms with Gasteiger partial charge in [-0.15, -0.1) is 5.11 Å². The van der Waals surface area contributed by atoms with E-state index < -0.39 is 5.56 Å². The molecule has 1 aromatic carbocycles. The minimum absolute atomic E-state index is 0.00666. The fourth-order valence-electron chi connectivity index (χ4n) is 3.00. The molecular weight excluding hydrogens is 348 g/mol. The quantitative estimate of drug-likeness (QED) is 0.814. The summed E-state index contributed by atoms with van der Waals surface area (Å²) in [5.74, 6) is 0.248. The monoisotopic (exact) mass is 368 g/mol. The van der Waals surface area contributed by atoms with E-state index in [4.69, 9.17) is 9.47 Å². The van der Waals surface area contributed by atoms with E-state index in [0.29, 0.717) is 18.0 Å². The SMILES string of the molecule is COc1cccc(N=Nc2c(C)c(C#N)c(O)n(CC3CCCO3)c2=O)c1. The Bertz CT molecular complexity index is 969. The molecule has 8 nitrogen and oxygen atoms in total. The molecule has 1 aromatic heterocycles. The second kappa shape index (κ2) is 8.01. The predicted molar refractivity (Wildman–Crippen MR) is 98.0 cm³/mol. The minimum atomic E-state index is -0.508. The molecule has 8 heteroatoms. The van der Waals surface area contributed by atoms with E-state index in [-0.39, 0.29) is 35.3 Å². The molecule has 1 aliphatic rings. The predicted octanol–water partition coefficient (Wildman–Crippen LogP) is 3.34. The highest BCUT2D eigenvalue weighted by atomic mass is 16.5. The normalized spacial score (nSPS) is 16.6. The second-order valence-electron chi connectivity index (χ2n) is 6.24. The highest BCUT2D eigenvalue weighted by Gasteiger charge is 2.23. The summed E-state index contributed by atoms with van der Waals surface area (Å²) >= 11 is 0. The van der Waals surface area contributed by atoms with Gasteiger partial charge in [-0.1, -0.05) is 6.07 Å². The molecule has 2 aromatic rings. The van der Waals surface area contributed by atoms with Crippen LogP contribution < -0.4 is 10.3 Å². The Morgan fingerprint density at radius 1 is 1.44 bits per heavy atom. The third-order valence-corrected chi connectivity index (χ3v) is 4.50. The first kappa shape index (κ1) is 18.6. The van der Waals surface area contributed by atoms with Crippen molar-refractivity contribution in [3.05, 3.63) is 45.7 Å². The number of benzene rings is 1. The summed E-state index contributed by atoms with van der Waals surface area (Å²) in [6.45, 7) is 2.36. The van der Waals surface area contributed by atoms with Gasteiger partial charge >= 0.3 is 0 Å². The molecule has 0 amide bonds. The standard InChI is InChI=1S/C19H20N4O4/c1-12-16(10-20)18(24)23(11-15-7-4-8-27-15)19(25)17(12)22-21-13-5-3-6-14(9-13)26-2/h3,5-6,9,15,24H,4,7-8,11H2,1-2H3. The van der Waals surface area contributed by atoms with Crippen molar-refractivity contribution in [3.8, 4) is 17.7 Å². The van der Waals surface area contributed by atoms with E-state index in [1.807, 2.05) is 6.07 Å². The van der Waals surface area contributed by atoms with Crippen molar-refractivity contribution < 1.29 is 14.6 Å². The van der Waals surface area contributed by atoms with Crippen LogP contribution in [0.4, 0.5) is 11.4 Å². The molecule has 2 heterocycles. The number of ether oxygens (including phenoxy) is 2. The van der Waals surface area contributed by atoms with Crippen LogP contribution in [0.2, 0.25) is 0 Å². The lowest BCUT2D eigenvalue weighted by Crippen LogP contribution is -2.27. The highest BCUT2D eigenvalue weighted by Crippen LogP contribution is 2.28. The maximum absolute atomic E-state index is 12.9. The van der Waals surface area contributed by atoms with Crippen molar-refractivity contribution in [1.29, 1.82) is 5.26 Å². The zero-order chi connectivity index (χ0) is 19.4. The molecule has 1 fully saturated rings. The first-order valence-electron chi connectivity index (χ1n) is 8.59. The third kappa shape index (κ3) is 3.83. The molecule has 0 spiro atoms. The zero-order valence-electron chi connectivity index (χ0n) is 15.2. The van der Waals surface area contributed by atoms with Gasteiger partial charge in [0.2, 0.25) is 5.88 Å². The zero-order valence-corrected chi connectivity index (χ0v) is 15.2. The number of hydrogen-bond donors (Lipinski definition) is 1. The minimum Gasteiger partial charge on any atom is -0.497 e. The fraction of sp³-hybridized carbons (Fsp3) is 0.368. The van der Waals surface area contributed by atoms with Crippen molar-refractivity contribution in [1.82, 2.24) is 4.57 Å². The molecular formula is C19H20N4O4. The summed E-state index contributed by atoms with van der Waals surface area (Å²) in [7, 11) is 1.54. The molecule has 3 rings (SSSR count). The van der Waals surface area contributed by atoms with Crippen LogP contribution in [-0.4, -0.2) is 29.5 Å². The van der Waals surface area contributed by atoms with Gasteiger partial charge in [0, 0.05) is 18.2 Å². The molecule has 1 atom stereocenters. The number of methoxy groups -OCH3 is 1. The van der Waals surface area contributed by atoms with Crippen molar-refractivity contribution in [2.45, 2.75) is 32.4 Å². The molecule has 1 N–H and O–H groups in total. The van der Waals surface area contributed by atoms with Crippen LogP contribution in [-0.2, 0) is 11.3 Å². The molecule has 1 unspecified atom stereocenters. The Morgan fingerprint density at radius 2 is 2.26 bits per heavy atom. The topological polar surface area (TPSA) is 109 Å². The number of hydrogen-bond acceptors (Lipinski definition) is 7. The van der Waals surface area contributed by atoms with Crippen LogP contribution in [0.25, 0.3) is 0 Å². The maximum Gasteiger partial charge on any atom is 0.281 e. The molecule has 0 saturated carbocycles. The lowest BCUT2D eigenvalue weighted by molar-refractivity contribution is 0.0939. The number of azo groups is 1. The number of pyridine rings is 1. The Kier molecular flexibility index (Phi) is 5.52. The lowest BCUT2D eigenvalue weighted by Gasteiger charge is -2.16. The van der Waals surface area contributed by atoms with Crippen molar-refractivity contribution in [2.75, 3.05) is 13.7 Å². The van der Waals surface area contributed by atoms with Gasteiger partial charge in [-0.3, -0.25) is 9.36 Å². The van der Waals surface area contributed by atoms with Crippen LogP contribution >= 0.6 is 0 Å². The number of aromatic nitrogens is 1. The van der Waals surface area contributed by atoms with Crippen molar-refractivity contribution in [3.63, 3.8) is 0 Å². The first-order valence-corrected chi connectivity index (χ1v) is 8.59. The van der Waals surface area contributed by atoms with Gasteiger partial charge in [-0.2, -0.15) is 10.4 Å². The van der Waals surface area contributed by atoms with Gasteiger partial charge < -0.3 is 14.6 Å². The van der Waals surface area contributed by atoms with E-state index in [2.05, 4.69) is 10.2 Å². The van der Waals surface area contributed by atoms with Gasteiger partial charge in [-0.05, 0) is 31.9 Å². The molecule has 1 aliphatic heterocycles. The molecule has 140 valence electrons. The highest BCUT2D eigenvalue weighted by molar-refractivity contribution is 5.57. The van der Waals surface area contributed by atoms with Crippen LogP contribution in [0.15, 0.2) is 39.3 Å². The lowest BCUT2D eigenvalue weighted by atomic mass is 10.1. The van der Waals surface area contributed by atoms with Gasteiger partial charge in [-0.25, -0.2) is 0 Å². The summed E-state index contributed by atoms with van der Waals surface area (Å²) in [4.78, 5) is 12.9. The second-order valence-corrected chi connectivity index (χ2v) is 6.24. The van der Waals surface area contributed by atoms with Crippen LogP contribution in [0.5, 0.6) is 11.6 Å². The number of nitriles is 1. The van der Waals surface area contributed by atoms with E-state index in [1.54, 1.807) is 38.3 Å². The molecule has 27 heavy (non-hydrogen) atoms. The third-order valence-electron chi connectivity index (χ3n) is 4.50. The summed E-state index contributed by atoms with van der Waals surface area (Å²) in [6, 6.07) is 8.86. The fourth-order valence-corrected chi connectivity index (χ4v) is 3.00. The number of nitrogens with zero attached hydrogens (tertiary/aromatic N) is 4. The summed E-state index contributed by atoms with van der Waals surface area (Å²) < 4.78 is 11.8. The Balaban J connectivity index is 2.04. The van der Waals surface area contributed by atoms with Crippen LogP contribution in [0, 0.1) is 18.3 Å². The average molecular weight is 368 g/mol. The van der Waals surface area contributed by atoms with Crippen molar-refractivity contribution in [2.24, 2.45) is 10.2 Å². The first-order chi connectivity index (χ1) is 13.0. The molecule has 0 radical (unpaired) electrons. The van der Waals surface area contributed by atoms with E-state index in [9.17, 15) is 15.2 Å². The smallest absolute Gasteiger partial charge is 0.281 e. The summed E-state index contributed by atoms with van der Waals surface area (Å²) in [5.41, 5.74) is 0.309. The summed E-state index contributed by atoms with van der Waals surface area (Å²) in [5, 5.41) is 28.0. The van der Waals surface area contributed by atoms with Crippen LogP contribution in [0.3, 0.4) is 0 Å². The molecule has 0 aliphatic carbocycles. The van der Waals surface area contributed by atoms with Gasteiger partial charge in [0.1, 0.15) is 17.4 Å². The van der Waals surface area contributed by atoms with Gasteiger partial charge in [0.15, 0.2) is 5.69 Å². The Labute approximate surface area is 156 Å². The average Bonchev–Trinajstić information content (AvgIpc) is 3.19. The summed E-state index contributed by atoms with van der Waals surface area (Å²) in [6.07, 6.45) is 1.52. The van der Waals surface area contributed by atoms with E-state index in [1.165, 1.54) is 0 Å². The van der Waals surface area contributed by atoms with Crippen LogP contribution in [0.1, 0.15) is 24.0 Å². The maximum atomic E-state index is 12.9. The van der Waals surface area contributed by atoms with Gasteiger partial charge in [0.05, 0.1) is 25.4 Å². The number of aromatic hydroxyl groups is 1. The Morgan fingerprint density at radius 3 is 2.93 bits per heavy atom. The molecule has 0 bridgehead atoms. The molecule has 1 saturated heterocycles. The van der Waals surface area contributed by atoms with E-state index in [0.717, 1.165) is 17.4 Å². The van der Waals surface area contributed by atoms with Crippen molar-refractivity contribution >= 4 is 11.4 Å².